The summed E-state index contributed by atoms with van der Waals surface area (Å²) in [5, 5.41) is 0. The lowest BCUT2D eigenvalue weighted by Gasteiger charge is -2.29. The second-order valence-corrected chi connectivity index (χ2v) is 15.5. The average Bonchev–Trinajstić information content (AvgIpc) is 2.85. The van der Waals surface area contributed by atoms with Crippen molar-refractivity contribution in [2.45, 2.75) is 149 Å². The van der Waals surface area contributed by atoms with Gasteiger partial charge in [-0.1, -0.05) is 110 Å². The van der Waals surface area contributed by atoms with Crippen LogP contribution in [-0.2, 0) is 12.3 Å². The summed E-state index contributed by atoms with van der Waals surface area (Å²) < 4.78 is 40.4. The monoisotopic (exact) mass is 529 g/mol. The van der Waals surface area contributed by atoms with Crippen LogP contribution in [0, 0.1) is 0 Å². The predicted octanol–water partition coefficient (Wildman–Crippen LogP) is 12.3. The Hall–Kier alpha value is -0.560. The first-order valence-electron chi connectivity index (χ1n) is 15.4. The summed E-state index contributed by atoms with van der Waals surface area (Å²) in [6, 6.07) is 6.29. The van der Waals surface area contributed by atoms with Crippen LogP contribution in [0.4, 0.5) is 13.2 Å². The van der Waals surface area contributed by atoms with E-state index in [9.17, 15) is 13.2 Å². The Kier molecular flexibility index (Phi) is 19.0. The third-order valence-corrected chi connectivity index (χ3v) is 12.6. The van der Waals surface area contributed by atoms with Gasteiger partial charge in [-0.25, -0.2) is 0 Å². The van der Waals surface area contributed by atoms with Crippen LogP contribution >= 0.6 is 7.26 Å². The van der Waals surface area contributed by atoms with Crippen molar-refractivity contribution in [1.29, 1.82) is 0 Å². The molecular weight excluding hydrogens is 472 g/mol. The quantitative estimate of drug-likeness (QED) is 0.0976. The molecule has 0 amide bonds. The van der Waals surface area contributed by atoms with Crippen molar-refractivity contribution < 1.29 is 13.2 Å². The highest BCUT2D eigenvalue weighted by molar-refractivity contribution is 7.75. The maximum absolute atomic E-state index is 13.5. The lowest BCUT2D eigenvalue weighted by atomic mass is 10.1. The molecule has 0 aliphatic carbocycles. The van der Waals surface area contributed by atoms with Crippen molar-refractivity contribution in [2.24, 2.45) is 0 Å². The second-order valence-electron chi connectivity index (χ2n) is 11.2. The van der Waals surface area contributed by atoms with Gasteiger partial charge >= 0.3 is 6.18 Å². The molecule has 0 saturated carbocycles. The minimum absolute atomic E-state index is 0.475. The van der Waals surface area contributed by atoms with Crippen molar-refractivity contribution >= 4 is 7.26 Å². The summed E-state index contributed by atoms with van der Waals surface area (Å²) in [6.07, 6.45) is 23.8. The van der Waals surface area contributed by atoms with Crippen molar-refractivity contribution in [1.82, 2.24) is 0 Å². The molecule has 0 aliphatic heterocycles. The highest BCUT2D eigenvalue weighted by Gasteiger charge is 2.37. The number of unbranched alkanes of at least 4 members (excludes halogenated alkanes) is 15. The molecule has 0 N–H and O–H groups in total. The van der Waals surface area contributed by atoms with E-state index in [1.807, 2.05) is 6.07 Å². The number of rotatable bonds is 23. The number of alkyl halides is 3. The lowest BCUT2D eigenvalue weighted by molar-refractivity contribution is -0.137. The molecule has 0 atom stereocenters. The van der Waals surface area contributed by atoms with Crippen molar-refractivity contribution in [3.05, 3.63) is 35.4 Å². The number of hydrogen-bond donors (Lipinski definition) is 0. The minimum Gasteiger partial charge on any atom is -0.166 e. The van der Waals surface area contributed by atoms with E-state index in [-0.39, 0.29) is 0 Å². The van der Waals surface area contributed by atoms with Crippen LogP contribution < -0.4 is 0 Å². The van der Waals surface area contributed by atoms with E-state index in [0.717, 1.165) is 11.7 Å². The SMILES string of the molecule is CCCCCCCC[P+](CCCCCCCC)(CCCCCCCC)Cc1cccc(C(F)(F)F)c1. The van der Waals surface area contributed by atoms with Crippen molar-refractivity contribution in [3.63, 3.8) is 0 Å². The standard InChI is InChI=1S/C32H57F3P/c1-4-7-10-13-16-19-25-36(26-20-17-14-11-8-5-2,27-21-18-15-12-9-6-3)29-30-23-22-24-31(28-30)32(33,34)35/h22-24,28H,4-21,25-27,29H2,1-3H3/q+1. The van der Waals surface area contributed by atoms with E-state index in [0.29, 0.717) is 0 Å². The molecule has 0 fully saturated rings. The summed E-state index contributed by atoms with van der Waals surface area (Å²) >= 11 is 0. The smallest absolute Gasteiger partial charge is 0.166 e. The highest BCUT2D eigenvalue weighted by atomic mass is 31.2. The van der Waals surface area contributed by atoms with Crippen LogP contribution in [0.2, 0.25) is 0 Å². The van der Waals surface area contributed by atoms with Gasteiger partial charge in [-0.05, 0) is 56.2 Å². The van der Waals surface area contributed by atoms with E-state index < -0.39 is 19.0 Å². The fraction of sp³-hybridized carbons (Fsp3) is 0.812. The molecule has 1 aromatic rings. The van der Waals surface area contributed by atoms with Gasteiger partial charge in [0.25, 0.3) is 0 Å². The fourth-order valence-corrected chi connectivity index (χ4v) is 10.3. The Morgan fingerprint density at radius 2 is 0.944 bits per heavy atom. The summed E-state index contributed by atoms with van der Waals surface area (Å²) in [5.41, 5.74) is 0.456. The Morgan fingerprint density at radius 1 is 0.556 bits per heavy atom. The first-order chi connectivity index (χ1) is 17.4. The topological polar surface area (TPSA) is 0 Å². The lowest BCUT2D eigenvalue weighted by Crippen LogP contribution is -2.13. The van der Waals surface area contributed by atoms with Crippen molar-refractivity contribution in [3.8, 4) is 0 Å². The van der Waals surface area contributed by atoms with Gasteiger partial charge in [-0.2, -0.15) is 13.2 Å². The third kappa shape index (κ3) is 15.6. The van der Waals surface area contributed by atoms with E-state index in [1.54, 1.807) is 6.07 Å². The second kappa shape index (κ2) is 20.4. The molecule has 0 aromatic heterocycles. The van der Waals surface area contributed by atoms with Gasteiger partial charge < -0.3 is 0 Å². The normalized spacial score (nSPS) is 12.4. The largest absolute Gasteiger partial charge is 0.416 e. The number of hydrogen-bond acceptors (Lipinski definition) is 0. The summed E-state index contributed by atoms with van der Waals surface area (Å²) in [7, 11) is -1.32. The maximum atomic E-state index is 13.5. The van der Waals surface area contributed by atoms with Gasteiger partial charge in [0.15, 0.2) is 0 Å². The maximum Gasteiger partial charge on any atom is 0.416 e. The highest BCUT2D eigenvalue weighted by Crippen LogP contribution is 2.63. The molecule has 1 rings (SSSR count). The van der Waals surface area contributed by atoms with E-state index >= 15 is 0 Å². The van der Waals surface area contributed by atoms with E-state index in [1.165, 1.54) is 146 Å². The zero-order chi connectivity index (χ0) is 26.5. The van der Waals surface area contributed by atoms with Crippen LogP contribution in [0.25, 0.3) is 0 Å². The van der Waals surface area contributed by atoms with Gasteiger partial charge in [-0.3, -0.25) is 0 Å². The zero-order valence-corrected chi connectivity index (χ0v) is 24.8. The average molecular weight is 530 g/mol. The van der Waals surface area contributed by atoms with Gasteiger partial charge in [-0.15, -0.1) is 0 Å². The minimum atomic E-state index is -4.26. The Balaban J connectivity index is 2.95. The zero-order valence-electron chi connectivity index (χ0n) is 23.9. The molecule has 0 aliphatic rings. The molecule has 0 heterocycles. The van der Waals surface area contributed by atoms with Gasteiger partial charge in [0.1, 0.15) is 0 Å². The molecule has 4 heteroatoms. The summed E-state index contributed by atoms with van der Waals surface area (Å²) in [6.45, 7) is 6.77. The van der Waals surface area contributed by atoms with Gasteiger partial charge in [0, 0.05) is 7.26 Å². The van der Waals surface area contributed by atoms with Crippen LogP contribution in [-0.4, -0.2) is 18.5 Å². The number of benzene rings is 1. The van der Waals surface area contributed by atoms with E-state index in [4.69, 9.17) is 0 Å². The molecule has 210 valence electrons. The summed E-state index contributed by atoms with van der Waals surface area (Å²) in [4.78, 5) is 0. The Morgan fingerprint density at radius 3 is 1.33 bits per heavy atom. The Labute approximate surface area is 223 Å². The molecule has 0 bridgehead atoms. The number of halogens is 3. The van der Waals surface area contributed by atoms with Gasteiger partial charge in [0.2, 0.25) is 0 Å². The van der Waals surface area contributed by atoms with Crippen LogP contribution in [0.5, 0.6) is 0 Å². The molecule has 0 saturated heterocycles. The molecule has 0 unspecified atom stereocenters. The fourth-order valence-electron chi connectivity index (χ4n) is 5.49. The van der Waals surface area contributed by atoms with Crippen LogP contribution in [0.1, 0.15) is 147 Å². The van der Waals surface area contributed by atoms with Crippen LogP contribution in [0.3, 0.4) is 0 Å². The molecule has 36 heavy (non-hydrogen) atoms. The molecule has 0 radical (unpaired) electrons. The van der Waals surface area contributed by atoms with Crippen molar-refractivity contribution in [2.75, 3.05) is 18.5 Å². The molecule has 0 nitrogen and oxygen atoms in total. The first-order valence-corrected chi connectivity index (χ1v) is 17.9. The summed E-state index contributed by atoms with van der Waals surface area (Å²) in [5.74, 6) is 0. The van der Waals surface area contributed by atoms with Gasteiger partial charge in [0.05, 0.1) is 30.2 Å². The Bertz CT molecular complexity index is 600. The molecular formula is C32H57F3P+. The first kappa shape index (κ1) is 33.5. The molecule has 0 spiro atoms. The van der Waals surface area contributed by atoms with E-state index in [2.05, 4.69) is 20.8 Å². The third-order valence-electron chi connectivity index (χ3n) is 7.73. The molecule has 1 aromatic carbocycles. The predicted molar refractivity (Wildman–Crippen MR) is 157 cm³/mol. The van der Waals surface area contributed by atoms with Crippen LogP contribution in [0.15, 0.2) is 24.3 Å².